The zero-order chi connectivity index (χ0) is 23.1. The molecular weight excluding hydrogens is 426 g/mol. The van der Waals surface area contributed by atoms with E-state index in [2.05, 4.69) is 10.3 Å². The second kappa shape index (κ2) is 10.1. The molecule has 1 heterocycles. The van der Waals surface area contributed by atoms with Gasteiger partial charge in [0.2, 0.25) is 5.88 Å². The van der Waals surface area contributed by atoms with Gasteiger partial charge in [-0.25, -0.2) is 9.79 Å². The highest BCUT2D eigenvalue weighted by Crippen LogP contribution is 2.22. The largest absolute Gasteiger partial charge is 0.494 e. The number of aromatic hydroxyl groups is 1. The van der Waals surface area contributed by atoms with Gasteiger partial charge in [-0.05, 0) is 54.1 Å². The third-order valence-corrected chi connectivity index (χ3v) is 5.21. The van der Waals surface area contributed by atoms with E-state index in [0.717, 1.165) is 33.0 Å². The lowest BCUT2D eigenvalue weighted by Gasteiger charge is -2.14. The van der Waals surface area contributed by atoms with Crippen LogP contribution in [0, 0.1) is 28.9 Å². The number of aromatic nitrogens is 1. The van der Waals surface area contributed by atoms with Gasteiger partial charge in [-0.15, -0.1) is 0 Å². The molecule has 0 aliphatic rings. The molecule has 9 heteroatoms. The molecule has 2 aromatic carbocycles. The van der Waals surface area contributed by atoms with Crippen molar-refractivity contribution in [3.63, 3.8) is 0 Å². The minimum atomic E-state index is -0.705. The average molecular weight is 443 g/mol. The van der Waals surface area contributed by atoms with Gasteiger partial charge >= 0.3 is 6.03 Å². The molecule has 0 radical (unpaired) electrons. The lowest BCUT2D eigenvalue weighted by molar-refractivity contribution is 0.259. The molecule has 1 aromatic heterocycles. The molecule has 8 nitrogen and oxygen atoms in total. The molecule has 0 fully saturated rings. The van der Waals surface area contributed by atoms with E-state index in [1.807, 2.05) is 17.5 Å². The van der Waals surface area contributed by atoms with E-state index in [-0.39, 0.29) is 29.1 Å². The number of nitriles is 2. The third-order valence-electron chi connectivity index (χ3n) is 4.61. The van der Waals surface area contributed by atoms with Crippen LogP contribution in [0.5, 0.6) is 5.88 Å². The van der Waals surface area contributed by atoms with Crippen LogP contribution in [0.1, 0.15) is 22.3 Å². The van der Waals surface area contributed by atoms with Crippen molar-refractivity contribution in [2.45, 2.75) is 18.4 Å². The molecule has 3 aromatic rings. The summed E-state index contributed by atoms with van der Waals surface area (Å²) < 4.78 is 1.08. The van der Waals surface area contributed by atoms with Gasteiger partial charge in [0.15, 0.2) is 0 Å². The molecule has 0 aliphatic heterocycles. The first-order valence-electron chi connectivity index (χ1n) is 9.36. The van der Waals surface area contributed by atoms with E-state index in [1.54, 1.807) is 48.5 Å². The number of hydrogen-bond donors (Lipinski definition) is 2. The minimum absolute atomic E-state index is 0.0561. The Kier molecular flexibility index (Phi) is 7.06. The number of urea groups is 1. The number of thioether (sulfide) groups is 1. The molecule has 2 amide bonds. The number of anilines is 1. The number of nitrogens with zero attached hydrogens (tertiary/aromatic N) is 4. The topological polar surface area (TPSA) is 131 Å². The van der Waals surface area contributed by atoms with Crippen LogP contribution in [0.2, 0.25) is 0 Å². The van der Waals surface area contributed by atoms with Crippen LogP contribution in [0.4, 0.5) is 10.5 Å². The highest BCUT2D eigenvalue weighted by atomic mass is 32.2. The van der Waals surface area contributed by atoms with E-state index in [1.165, 1.54) is 6.92 Å². The number of amides is 2. The molecule has 0 spiro atoms. The van der Waals surface area contributed by atoms with Crippen molar-refractivity contribution < 1.29 is 9.90 Å². The Labute approximate surface area is 188 Å². The summed E-state index contributed by atoms with van der Waals surface area (Å²) >= 11 is 1.00. The van der Waals surface area contributed by atoms with Gasteiger partial charge in [0.1, 0.15) is 17.0 Å². The van der Waals surface area contributed by atoms with Crippen LogP contribution in [0.15, 0.2) is 69.3 Å². The molecule has 0 saturated heterocycles. The first-order valence-corrected chi connectivity index (χ1v) is 10.2. The Morgan fingerprint density at radius 2 is 1.88 bits per heavy atom. The van der Waals surface area contributed by atoms with Crippen LogP contribution in [-0.4, -0.2) is 21.9 Å². The van der Waals surface area contributed by atoms with E-state index >= 15 is 0 Å². The van der Waals surface area contributed by atoms with Gasteiger partial charge in [0, 0.05) is 16.8 Å². The standard InChI is InChI=1S/C23H17N5O3S/c1-15-19(11-24)21(29)28(13-16-5-3-2-4-6-16)22(30)20(15)12-26-23(31)27-17-7-9-18(10-8-17)32-14-25/h2-10,12,30H,13H2,1H3,(H,27,31)/b26-12+. The maximum atomic E-state index is 12.7. The Hall–Kier alpha value is -4.34. The quantitative estimate of drug-likeness (QED) is 0.348. The van der Waals surface area contributed by atoms with E-state index < -0.39 is 11.6 Å². The molecule has 158 valence electrons. The number of carbonyl (C=O) groups is 1. The summed E-state index contributed by atoms with van der Waals surface area (Å²) in [6.45, 7) is 1.57. The second-order valence-corrected chi connectivity index (χ2v) is 7.49. The summed E-state index contributed by atoms with van der Waals surface area (Å²) in [5.74, 6) is -0.384. The van der Waals surface area contributed by atoms with Crippen LogP contribution in [0.3, 0.4) is 0 Å². The summed E-state index contributed by atoms with van der Waals surface area (Å²) in [6.07, 6.45) is 1.13. The zero-order valence-electron chi connectivity index (χ0n) is 16.9. The highest BCUT2D eigenvalue weighted by molar-refractivity contribution is 8.03. The summed E-state index contributed by atoms with van der Waals surface area (Å²) in [5.41, 5.74) is 0.814. The Morgan fingerprint density at radius 1 is 1.19 bits per heavy atom. The van der Waals surface area contributed by atoms with Gasteiger partial charge in [-0.2, -0.15) is 10.5 Å². The molecule has 3 rings (SSSR count). The molecule has 0 aliphatic carbocycles. The first-order chi connectivity index (χ1) is 15.4. The normalized spacial score (nSPS) is 10.5. The lowest BCUT2D eigenvalue weighted by atomic mass is 10.1. The number of benzene rings is 2. The Balaban J connectivity index is 1.89. The highest BCUT2D eigenvalue weighted by Gasteiger charge is 2.18. The third kappa shape index (κ3) is 5.04. The lowest BCUT2D eigenvalue weighted by Crippen LogP contribution is -2.26. The number of nitrogens with one attached hydrogen (secondary N) is 1. The van der Waals surface area contributed by atoms with Gasteiger partial charge < -0.3 is 10.4 Å². The number of hydrogen-bond acceptors (Lipinski definition) is 6. The van der Waals surface area contributed by atoms with Crippen molar-refractivity contribution in [2.75, 3.05) is 5.32 Å². The van der Waals surface area contributed by atoms with Gasteiger partial charge in [-0.1, -0.05) is 30.3 Å². The smallest absolute Gasteiger partial charge is 0.345 e. The monoisotopic (exact) mass is 443 g/mol. The maximum Gasteiger partial charge on any atom is 0.345 e. The first kappa shape index (κ1) is 22.3. The predicted molar refractivity (Wildman–Crippen MR) is 122 cm³/mol. The number of carbonyl (C=O) groups excluding carboxylic acids is 1. The van der Waals surface area contributed by atoms with E-state index in [9.17, 15) is 20.0 Å². The molecule has 0 bridgehead atoms. The van der Waals surface area contributed by atoms with Gasteiger partial charge in [0.05, 0.1) is 12.1 Å². The minimum Gasteiger partial charge on any atom is -0.494 e. The van der Waals surface area contributed by atoms with Crippen molar-refractivity contribution in [1.29, 1.82) is 10.5 Å². The SMILES string of the molecule is Cc1c(/C=N/C(=O)Nc2ccc(SC#N)cc2)c(O)n(Cc2ccccc2)c(=O)c1C#N. The van der Waals surface area contributed by atoms with Crippen LogP contribution < -0.4 is 10.9 Å². The van der Waals surface area contributed by atoms with Crippen molar-refractivity contribution in [3.8, 4) is 17.4 Å². The summed E-state index contributed by atoms with van der Waals surface area (Å²) in [4.78, 5) is 29.5. The number of thiocyanates is 1. The van der Waals surface area contributed by atoms with E-state index in [0.29, 0.717) is 5.69 Å². The van der Waals surface area contributed by atoms with Crippen molar-refractivity contribution in [1.82, 2.24) is 4.57 Å². The van der Waals surface area contributed by atoms with Crippen molar-refractivity contribution in [3.05, 3.63) is 87.2 Å². The fourth-order valence-corrected chi connectivity index (χ4v) is 3.35. The summed E-state index contributed by atoms with van der Waals surface area (Å²) in [7, 11) is 0. The molecule has 0 unspecified atom stereocenters. The van der Waals surface area contributed by atoms with E-state index in [4.69, 9.17) is 5.26 Å². The zero-order valence-corrected chi connectivity index (χ0v) is 17.8. The van der Waals surface area contributed by atoms with Gasteiger partial charge in [0.25, 0.3) is 5.56 Å². The molecule has 0 saturated carbocycles. The van der Waals surface area contributed by atoms with Crippen molar-refractivity contribution >= 4 is 29.7 Å². The summed E-state index contributed by atoms with van der Waals surface area (Å²) in [6, 6.07) is 16.8. The fraction of sp³-hybridized carbons (Fsp3) is 0.0870. The second-order valence-electron chi connectivity index (χ2n) is 6.63. The summed E-state index contributed by atoms with van der Waals surface area (Å²) in [5, 5.41) is 33.4. The fourth-order valence-electron chi connectivity index (χ4n) is 2.98. The Morgan fingerprint density at radius 3 is 2.50 bits per heavy atom. The maximum absolute atomic E-state index is 12.7. The molecular formula is C23H17N5O3S. The number of aliphatic imine (C=N–C) groups is 1. The average Bonchev–Trinajstić information content (AvgIpc) is 2.79. The predicted octanol–water partition coefficient (Wildman–Crippen LogP) is 4.01. The molecule has 32 heavy (non-hydrogen) atoms. The number of pyridine rings is 1. The van der Waals surface area contributed by atoms with Gasteiger partial charge in [-0.3, -0.25) is 9.36 Å². The van der Waals surface area contributed by atoms with Crippen molar-refractivity contribution in [2.24, 2.45) is 4.99 Å². The van der Waals surface area contributed by atoms with Crippen LogP contribution >= 0.6 is 11.8 Å². The van der Waals surface area contributed by atoms with Crippen LogP contribution in [0.25, 0.3) is 0 Å². The van der Waals surface area contributed by atoms with Crippen LogP contribution in [-0.2, 0) is 6.54 Å². The molecule has 2 N–H and O–H groups in total. The number of rotatable bonds is 5. The molecule has 0 atom stereocenters. The Bertz CT molecular complexity index is 1320.